The predicted octanol–water partition coefficient (Wildman–Crippen LogP) is 11.3. The summed E-state index contributed by atoms with van der Waals surface area (Å²) in [4.78, 5) is 9.19. The maximum Gasteiger partial charge on any atom is 0 e. The van der Waals surface area contributed by atoms with Gasteiger partial charge in [-0.15, -0.1) is 23.8 Å². The van der Waals surface area contributed by atoms with Crippen molar-refractivity contribution in [3.05, 3.63) is 127 Å². The number of aromatic nitrogens is 2. The second-order valence-electron chi connectivity index (χ2n) is 13.2. The van der Waals surface area contributed by atoms with Crippen molar-refractivity contribution in [2.45, 2.75) is 55.7 Å². The monoisotopic (exact) mass is 873 g/mol. The van der Waals surface area contributed by atoms with Gasteiger partial charge in [0.2, 0.25) is 0 Å². The minimum Gasteiger partial charge on any atom is 0 e. The molecule has 1 aliphatic rings. The van der Waals surface area contributed by atoms with Crippen molar-refractivity contribution in [3.8, 4) is 22.5 Å². The predicted molar refractivity (Wildman–Crippen MR) is 201 cm³/mol. The largest absolute Gasteiger partial charge is 0 e. The molecule has 0 N–H and O–H groups in total. The number of rotatable bonds is 5. The number of pyridine rings is 2. The molecule has 0 amide bonds. The maximum atomic E-state index is 8.89. The van der Waals surface area contributed by atoms with Crippen LogP contribution in [0.1, 0.15) is 40.4 Å². The van der Waals surface area contributed by atoms with E-state index in [-0.39, 0.29) is 26.0 Å². The van der Waals surface area contributed by atoms with Gasteiger partial charge in [-0.2, -0.15) is 11.3 Å². The zero-order chi connectivity index (χ0) is 33.3. The van der Waals surface area contributed by atoms with E-state index in [0.29, 0.717) is 0 Å². The Morgan fingerprint density at radius 3 is 2.34 bits per heavy atom. The van der Waals surface area contributed by atoms with E-state index in [4.69, 9.17) is 2.74 Å². The van der Waals surface area contributed by atoms with Gasteiger partial charge in [-0.25, -0.2) is 0 Å². The zero-order valence-electron chi connectivity index (χ0n) is 29.1. The van der Waals surface area contributed by atoms with Crippen LogP contribution in [0.15, 0.2) is 109 Å². The Morgan fingerprint density at radius 2 is 1.57 bits per heavy atom. The molecule has 0 spiro atoms. The minimum atomic E-state index is -1.72. The Bertz CT molecular complexity index is 2190. The zero-order valence-corrected chi connectivity index (χ0v) is 32.5. The van der Waals surface area contributed by atoms with Crippen LogP contribution in [0.25, 0.3) is 53.5 Å². The topological polar surface area (TPSA) is 25.8 Å². The number of hydrogen-bond donors (Lipinski definition) is 0. The molecular weight excluding hydrogens is 829 g/mol. The van der Waals surface area contributed by atoms with Crippen LogP contribution in [0.4, 0.5) is 0 Å². The van der Waals surface area contributed by atoms with Crippen molar-refractivity contribution in [1.29, 1.82) is 0 Å². The molecule has 3 aromatic heterocycles. The molecule has 1 aliphatic carbocycles. The van der Waals surface area contributed by atoms with Crippen molar-refractivity contribution < 1.29 is 22.8 Å². The fraction of sp³-hybridized carbons (Fsp3) is 0.238. The molecule has 5 heteroatoms. The molecule has 0 atom stereocenters. The Labute approximate surface area is 302 Å². The third-order valence-corrected chi connectivity index (χ3v) is 14.5. The van der Waals surface area contributed by atoms with E-state index in [0.717, 1.165) is 53.8 Å². The summed E-state index contributed by atoms with van der Waals surface area (Å²) >= 11 is 0.0731. The molecule has 1 fully saturated rings. The second-order valence-corrected chi connectivity index (χ2v) is 24.9. The van der Waals surface area contributed by atoms with Crippen LogP contribution in [0.2, 0.25) is 17.3 Å². The molecule has 0 aliphatic heterocycles. The van der Waals surface area contributed by atoms with Crippen LogP contribution < -0.4 is 4.40 Å². The smallest absolute Gasteiger partial charge is 0 e. The summed E-state index contributed by atoms with van der Waals surface area (Å²) in [5, 5.41) is 4.99. The van der Waals surface area contributed by atoms with Gasteiger partial charge in [0.1, 0.15) is 0 Å². The van der Waals surface area contributed by atoms with Crippen LogP contribution in [0.3, 0.4) is 0 Å². The quantitative estimate of drug-likeness (QED) is 0.127. The van der Waals surface area contributed by atoms with E-state index in [9.17, 15) is 0 Å². The number of thiophene rings is 1. The Morgan fingerprint density at radius 1 is 0.766 bits per heavy atom. The van der Waals surface area contributed by atoms with Crippen molar-refractivity contribution in [3.63, 3.8) is 0 Å². The molecule has 4 aromatic carbocycles. The standard InChI is InChI=1S/C28H24NS.C14H16GeN.Ir/c1-2-7-19(8-3-1)17-20-15-16-29-26(18-20)25-12-6-11-23-24-14-13-21-9-4-5-10-22(21)27(24)30-28(23)25;1-15(2,3)13-9-10-14(16-11-13)12-7-5-4-6-8-12;/h4-6,9-11,13-16,18-19H,1-3,7-8,17H2;4-7,9-11H,1-3H3;/q2*-1;/i17D2;;. The third-order valence-electron chi connectivity index (χ3n) is 8.93. The third kappa shape index (κ3) is 7.62. The molecule has 0 saturated heterocycles. The van der Waals surface area contributed by atoms with Crippen LogP contribution in [0.5, 0.6) is 0 Å². The van der Waals surface area contributed by atoms with E-state index in [2.05, 4.69) is 94.0 Å². The van der Waals surface area contributed by atoms with Crippen LogP contribution >= 0.6 is 11.3 Å². The molecule has 1 radical (unpaired) electrons. The number of fused-ring (bicyclic) bond motifs is 5. The second kappa shape index (κ2) is 15.0. The van der Waals surface area contributed by atoms with E-state index in [1.807, 2.05) is 48.7 Å². The summed E-state index contributed by atoms with van der Waals surface area (Å²) in [7, 11) is 0. The van der Waals surface area contributed by atoms with Crippen molar-refractivity contribution >= 4 is 59.9 Å². The first kappa shape index (κ1) is 31.1. The van der Waals surface area contributed by atoms with Crippen LogP contribution in [-0.2, 0) is 26.5 Å². The normalized spacial score (nSPS) is 14.6. The molecule has 0 bridgehead atoms. The van der Waals surface area contributed by atoms with Gasteiger partial charge in [-0.3, -0.25) is 0 Å². The first-order valence-corrected chi connectivity index (χ1v) is 24.5. The SMILES string of the molecule is [2H]C([2H])(c1ccnc(-c2[c-]ccc3c2sc2c4ccccc4ccc32)c1)C1CCCCC1.[CH3][Ge]([CH3])([CH3])[c]1ccc(-c2[c-]cccc2)nc1.[Ir]. The first-order chi connectivity index (χ1) is 23.2. The molecule has 239 valence electrons. The molecule has 3 heterocycles. The van der Waals surface area contributed by atoms with Gasteiger partial charge in [0.05, 0.1) is 0 Å². The van der Waals surface area contributed by atoms with E-state index >= 15 is 0 Å². The van der Waals surface area contributed by atoms with E-state index in [1.54, 1.807) is 17.5 Å². The van der Waals surface area contributed by atoms with Gasteiger partial charge >= 0.3 is 99.8 Å². The fourth-order valence-corrected chi connectivity index (χ4v) is 9.86. The van der Waals surface area contributed by atoms with Crippen LogP contribution in [0, 0.1) is 18.1 Å². The molecule has 2 nitrogen and oxygen atoms in total. The first-order valence-electron chi connectivity index (χ1n) is 17.4. The van der Waals surface area contributed by atoms with Gasteiger partial charge in [-0.05, 0) is 44.9 Å². The fourth-order valence-electron chi connectivity index (χ4n) is 6.35. The Balaban J connectivity index is 0.000000208. The number of nitrogens with zero attached hydrogens (tertiary/aromatic N) is 2. The summed E-state index contributed by atoms with van der Waals surface area (Å²) in [5.74, 6) is 7.23. The summed E-state index contributed by atoms with van der Waals surface area (Å²) in [6, 6.07) is 39.8. The van der Waals surface area contributed by atoms with Crippen LogP contribution in [-0.4, -0.2) is 23.2 Å². The Kier molecular flexibility index (Phi) is 9.91. The minimum absolute atomic E-state index is 0. The van der Waals surface area contributed by atoms with Gasteiger partial charge in [0.15, 0.2) is 0 Å². The summed E-state index contributed by atoms with van der Waals surface area (Å²) in [6.07, 6.45) is 7.90. The van der Waals surface area contributed by atoms with E-state index < -0.39 is 19.6 Å². The molecule has 47 heavy (non-hydrogen) atoms. The van der Waals surface area contributed by atoms with Gasteiger partial charge < -0.3 is 4.98 Å². The molecule has 0 unspecified atom stereocenters. The van der Waals surface area contributed by atoms with Gasteiger partial charge in [0, 0.05) is 33.7 Å². The number of benzene rings is 4. The van der Waals surface area contributed by atoms with E-state index in [1.165, 1.54) is 41.8 Å². The molecule has 7 aromatic rings. The molecule has 1 saturated carbocycles. The average molecular weight is 872 g/mol. The van der Waals surface area contributed by atoms with Gasteiger partial charge in [0.25, 0.3) is 0 Å². The average Bonchev–Trinajstić information content (AvgIpc) is 3.52. The number of hydrogen-bond acceptors (Lipinski definition) is 3. The molecule has 8 rings (SSSR count). The summed E-state index contributed by atoms with van der Waals surface area (Å²) in [5.41, 5.74) is 4.59. The Hall–Kier alpha value is -3.15. The summed E-state index contributed by atoms with van der Waals surface area (Å²) in [6.45, 7) is 0. The molecular formula is C42H40GeIrN2S-2. The van der Waals surface area contributed by atoms with Crippen molar-refractivity contribution in [1.82, 2.24) is 9.97 Å². The maximum absolute atomic E-state index is 8.89. The van der Waals surface area contributed by atoms with Gasteiger partial charge in [-0.1, -0.05) is 85.5 Å². The van der Waals surface area contributed by atoms with Crippen molar-refractivity contribution in [2.24, 2.45) is 5.92 Å². The van der Waals surface area contributed by atoms with Crippen molar-refractivity contribution in [2.75, 3.05) is 0 Å². The summed E-state index contributed by atoms with van der Waals surface area (Å²) < 4.78 is 21.7.